The van der Waals surface area contributed by atoms with Crippen LogP contribution >= 0.6 is 0 Å². The van der Waals surface area contributed by atoms with Gasteiger partial charge in [-0.15, -0.1) is 10.2 Å². The molecule has 1 heterocycles. The molecule has 3 nitrogen and oxygen atoms in total. The molecule has 3 aromatic carbocycles. The Kier molecular flexibility index (Phi) is 6.27. The van der Waals surface area contributed by atoms with Crippen LogP contribution in [0.4, 0.5) is 0 Å². The summed E-state index contributed by atoms with van der Waals surface area (Å²) in [4.78, 5) is 0. The minimum atomic E-state index is -0.0831. The zero-order chi connectivity index (χ0) is 22.7. The van der Waals surface area contributed by atoms with Crippen LogP contribution in [-0.2, 0) is 5.41 Å². The highest BCUT2D eigenvalue weighted by Gasteiger charge is 2.30. The van der Waals surface area contributed by atoms with Crippen LogP contribution in [-0.4, -0.2) is 14.8 Å². The molecule has 32 heavy (non-hydrogen) atoms. The largest absolute Gasteiger partial charge is 0.278 e. The number of hydrogen-bond acceptors (Lipinski definition) is 2. The smallest absolute Gasteiger partial charge is 0.168 e. The van der Waals surface area contributed by atoms with Crippen molar-refractivity contribution in [3.8, 4) is 28.2 Å². The van der Waals surface area contributed by atoms with E-state index in [4.69, 9.17) is 10.2 Å². The SMILES string of the molecule is CCCCC(C)(C)c1nnc(-c2cccc(C)c2)n1-c1cc(-c2ccccc2)ccc1C. The molecule has 0 bridgehead atoms. The Morgan fingerprint density at radius 2 is 1.53 bits per heavy atom. The molecule has 0 unspecified atom stereocenters. The lowest BCUT2D eigenvalue weighted by atomic mass is 9.86. The summed E-state index contributed by atoms with van der Waals surface area (Å²) in [5, 5.41) is 9.51. The summed E-state index contributed by atoms with van der Waals surface area (Å²) in [5.41, 5.74) is 7.01. The Balaban J connectivity index is 1.95. The van der Waals surface area contributed by atoms with E-state index in [-0.39, 0.29) is 5.41 Å². The van der Waals surface area contributed by atoms with E-state index in [0.717, 1.165) is 29.3 Å². The molecule has 0 spiro atoms. The van der Waals surface area contributed by atoms with Crippen LogP contribution in [0.15, 0.2) is 72.8 Å². The van der Waals surface area contributed by atoms with Gasteiger partial charge in [0.05, 0.1) is 5.69 Å². The fourth-order valence-electron chi connectivity index (χ4n) is 4.31. The first-order chi connectivity index (χ1) is 15.4. The van der Waals surface area contributed by atoms with Crippen molar-refractivity contribution in [1.29, 1.82) is 0 Å². The van der Waals surface area contributed by atoms with Crippen LogP contribution in [0.1, 0.15) is 57.0 Å². The number of nitrogens with zero attached hydrogens (tertiary/aromatic N) is 3. The summed E-state index contributed by atoms with van der Waals surface area (Å²) in [6.45, 7) is 11.1. The van der Waals surface area contributed by atoms with E-state index in [9.17, 15) is 0 Å². The van der Waals surface area contributed by atoms with Crippen molar-refractivity contribution in [3.05, 3.63) is 89.7 Å². The average Bonchev–Trinajstić information content (AvgIpc) is 3.25. The molecule has 0 fully saturated rings. The fraction of sp³-hybridized carbons (Fsp3) is 0.310. The van der Waals surface area contributed by atoms with Crippen LogP contribution in [0, 0.1) is 13.8 Å². The molecule has 4 aromatic rings. The third kappa shape index (κ3) is 4.38. The van der Waals surface area contributed by atoms with Gasteiger partial charge in [0.15, 0.2) is 5.82 Å². The second kappa shape index (κ2) is 9.12. The minimum Gasteiger partial charge on any atom is -0.278 e. The molecule has 0 aliphatic carbocycles. The molecule has 0 N–H and O–H groups in total. The van der Waals surface area contributed by atoms with Gasteiger partial charge < -0.3 is 0 Å². The van der Waals surface area contributed by atoms with Gasteiger partial charge in [0, 0.05) is 11.0 Å². The molecular weight excluding hydrogens is 390 g/mol. The van der Waals surface area contributed by atoms with E-state index in [1.807, 2.05) is 0 Å². The third-order valence-electron chi connectivity index (χ3n) is 6.26. The molecule has 0 saturated heterocycles. The predicted molar refractivity (Wildman–Crippen MR) is 134 cm³/mol. The lowest BCUT2D eigenvalue weighted by Crippen LogP contribution is -2.23. The monoisotopic (exact) mass is 423 g/mol. The van der Waals surface area contributed by atoms with Gasteiger partial charge in [0.2, 0.25) is 0 Å². The summed E-state index contributed by atoms with van der Waals surface area (Å²) in [7, 11) is 0. The second-order valence-corrected chi connectivity index (χ2v) is 9.41. The van der Waals surface area contributed by atoms with E-state index in [0.29, 0.717) is 0 Å². The van der Waals surface area contributed by atoms with Crippen molar-refractivity contribution in [2.24, 2.45) is 0 Å². The topological polar surface area (TPSA) is 30.7 Å². The third-order valence-corrected chi connectivity index (χ3v) is 6.26. The molecule has 0 atom stereocenters. The van der Waals surface area contributed by atoms with Gasteiger partial charge >= 0.3 is 0 Å². The highest BCUT2D eigenvalue weighted by atomic mass is 15.3. The van der Waals surface area contributed by atoms with Crippen molar-refractivity contribution in [2.75, 3.05) is 0 Å². The highest BCUT2D eigenvalue weighted by Crippen LogP contribution is 2.35. The predicted octanol–water partition coefficient (Wildman–Crippen LogP) is 7.69. The Morgan fingerprint density at radius 1 is 0.781 bits per heavy atom. The van der Waals surface area contributed by atoms with Gasteiger partial charge in [0.1, 0.15) is 5.82 Å². The fourth-order valence-corrected chi connectivity index (χ4v) is 4.31. The summed E-state index contributed by atoms with van der Waals surface area (Å²) in [5.74, 6) is 1.93. The molecule has 0 saturated carbocycles. The zero-order valence-electron chi connectivity index (χ0n) is 19.9. The summed E-state index contributed by atoms with van der Waals surface area (Å²) >= 11 is 0. The van der Waals surface area contributed by atoms with Crippen molar-refractivity contribution >= 4 is 0 Å². The number of benzene rings is 3. The van der Waals surface area contributed by atoms with Gasteiger partial charge in [-0.2, -0.15) is 0 Å². The molecule has 164 valence electrons. The Labute approximate surface area is 192 Å². The molecule has 0 radical (unpaired) electrons. The summed E-state index contributed by atoms with van der Waals surface area (Å²) in [6.07, 6.45) is 3.42. The molecule has 4 rings (SSSR count). The van der Waals surface area contributed by atoms with E-state index < -0.39 is 0 Å². The molecule has 1 aromatic heterocycles. The lowest BCUT2D eigenvalue weighted by molar-refractivity contribution is 0.425. The number of aryl methyl sites for hydroxylation is 2. The molecule has 0 aliphatic heterocycles. The maximum atomic E-state index is 4.78. The minimum absolute atomic E-state index is 0.0831. The summed E-state index contributed by atoms with van der Waals surface area (Å²) < 4.78 is 2.30. The number of aromatic nitrogens is 3. The lowest BCUT2D eigenvalue weighted by Gasteiger charge is -2.26. The van der Waals surface area contributed by atoms with Gasteiger partial charge in [-0.25, -0.2) is 0 Å². The van der Waals surface area contributed by atoms with Crippen LogP contribution in [0.2, 0.25) is 0 Å². The zero-order valence-corrected chi connectivity index (χ0v) is 19.9. The Morgan fingerprint density at radius 3 is 2.25 bits per heavy atom. The van der Waals surface area contributed by atoms with E-state index >= 15 is 0 Å². The van der Waals surface area contributed by atoms with Crippen LogP contribution in [0.3, 0.4) is 0 Å². The average molecular weight is 424 g/mol. The number of hydrogen-bond donors (Lipinski definition) is 0. The second-order valence-electron chi connectivity index (χ2n) is 9.41. The van der Waals surface area contributed by atoms with Gasteiger partial charge in [-0.1, -0.05) is 99.8 Å². The first kappa shape index (κ1) is 22.0. The van der Waals surface area contributed by atoms with E-state index in [1.54, 1.807) is 0 Å². The van der Waals surface area contributed by atoms with Crippen LogP contribution < -0.4 is 0 Å². The molecule has 3 heteroatoms. The van der Waals surface area contributed by atoms with Gasteiger partial charge in [-0.05, 0) is 49.1 Å². The maximum Gasteiger partial charge on any atom is 0.168 e. The maximum absolute atomic E-state index is 4.78. The van der Waals surface area contributed by atoms with Crippen molar-refractivity contribution in [1.82, 2.24) is 14.8 Å². The quantitative estimate of drug-likeness (QED) is 0.305. The first-order valence-corrected chi connectivity index (χ1v) is 11.6. The molecule has 0 amide bonds. The van der Waals surface area contributed by atoms with Gasteiger partial charge in [0.25, 0.3) is 0 Å². The number of rotatable bonds is 7. The van der Waals surface area contributed by atoms with Crippen molar-refractivity contribution in [2.45, 2.75) is 59.3 Å². The normalized spacial score (nSPS) is 11.7. The van der Waals surface area contributed by atoms with E-state index in [1.165, 1.54) is 35.1 Å². The highest BCUT2D eigenvalue weighted by molar-refractivity contribution is 5.69. The number of unbranched alkanes of at least 4 members (excludes halogenated alkanes) is 1. The van der Waals surface area contributed by atoms with Crippen LogP contribution in [0.5, 0.6) is 0 Å². The van der Waals surface area contributed by atoms with Crippen molar-refractivity contribution in [3.63, 3.8) is 0 Å². The molecule has 0 aliphatic rings. The summed E-state index contributed by atoms with van der Waals surface area (Å²) in [6, 6.07) is 25.8. The standard InChI is InChI=1S/C29H33N3/c1-6-7-18-29(4,5)28-31-30-27(25-15-11-12-21(2)19-25)32(28)26-20-24(17-16-22(26)3)23-13-9-8-10-14-23/h8-17,19-20H,6-7,18H2,1-5H3. The Hall–Kier alpha value is -3.20. The van der Waals surface area contributed by atoms with Crippen LogP contribution in [0.25, 0.3) is 28.2 Å². The van der Waals surface area contributed by atoms with Crippen molar-refractivity contribution < 1.29 is 0 Å². The Bertz CT molecular complexity index is 1200. The molecular formula is C29H33N3. The van der Waals surface area contributed by atoms with E-state index in [2.05, 4.69) is 112 Å². The first-order valence-electron chi connectivity index (χ1n) is 11.6. The van der Waals surface area contributed by atoms with Gasteiger partial charge in [-0.3, -0.25) is 4.57 Å².